The first kappa shape index (κ1) is 11.4. The molecular formula is C10H6F3N2O2-. The van der Waals surface area contributed by atoms with Gasteiger partial charge >= 0.3 is 6.30 Å². The quantitative estimate of drug-likeness (QED) is 0.755. The highest BCUT2D eigenvalue weighted by Crippen LogP contribution is 2.31. The van der Waals surface area contributed by atoms with Crippen molar-refractivity contribution in [3.05, 3.63) is 29.6 Å². The Morgan fingerprint density at radius 2 is 2.06 bits per heavy atom. The van der Waals surface area contributed by atoms with E-state index in [1.54, 1.807) is 0 Å². The number of aryl methyl sites for hydroxylation is 1. The molecule has 0 N–H and O–H groups in total. The topological polar surface area (TPSA) is 57.9 Å². The minimum absolute atomic E-state index is 0.0264. The molecule has 4 nitrogen and oxygen atoms in total. The van der Waals surface area contributed by atoms with E-state index in [0.717, 1.165) is 13.0 Å². The maximum atomic E-state index is 12.8. The number of rotatable bonds is 1. The summed E-state index contributed by atoms with van der Waals surface area (Å²) < 4.78 is 38.2. The van der Waals surface area contributed by atoms with Gasteiger partial charge in [0.05, 0.1) is 17.0 Å². The molecule has 0 aliphatic carbocycles. The van der Waals surface area contributed by atoms with E-state index in [4.69, 9.17) is 0 Å². The Balaban J connectivity index is 2.92. The maximum absolute atomic E-state index is 12.8. The van der Waals surface area contributed by atoms with Crippen molar-refractivity contribution in [2.75, 3.05) is 0 Å². The monoisotopic (exact) mass is 243 g/mol. The van der Waals surface area contributed by atoms with Crippen molar-refractivity contribution in [2.24, 2.45) is 0 Å². The first-order valence-electron chi connectivity index (χ1n) is 4.59. The summed E-state index contributed by atoms with van der Waals surface area (Å²) in [5, 5.41) is 10.8. The van der Waals surface area contributed by atoms with E-state index >= 15 is 0 Å². The van der Waals surface area contributed by atoms with Crippen LogP contribution in [0.5, 0.6) is 0 Å². The lowest BCUT2D eigenvalue weighted by Crippen LogP contribution is -2.25. The Bertz CT molecular complexity index is 601. The number of alkyl halides is 3. The van der Waals surface area contributed by atoms with Crippen LogP contribution in [0.15, 0.2) is 18.2 Å². The van der Waals surface area contributed by atoms with Crippen LogP contribution in [-0.4, -0.2) is 15.5 Å². The summed E-state index contributed by atoms with van der Waals surface area (Å²) in [6.07, 6.45) is -4.72. The fraction of sp³-hybridized carbons (Fsp3) is 0.200. The van der Waals surface area contributed by atoms with Crippen LogP contribution in [0.4, 0.5) is 13.2 Å². The van der Waals surface area contributed by atoms with Crippen molar-refractivity contribution in [3.8, 4) is 0 Å². The zero-order valence-electron chi connectivity index (χ0n) is 8.58. The summed E-state index contributed by atoms with van der Waals surface area (Å²) in [7, 11) is 0. The Morgan fingerprint density at radius 1 is 1.41 bits per heavy atom. The van der Waals surface area contributed by atoms with Gasteiger partial charge in [-0.05, 0) is 13.0 Å². The smallest absolute Gasteiger partial charge is 0.490 e. The molecule has 0 saturated heterocycles. The van der Waals surface area contributed by atoms with E-state index in [1.165, 1.54) is 12.1 Å². The van der Waals surface area contributed by atoms with Gasteiger partial charge in [0, 0.05) is 5.56 Å². The number of aromatic nitrogens is 2. The molecule has 0 bridgehead atoms. The van der Waals surface area contributed by atoms with E-state index in [1.807, 2.05) is 0 Å². The molecule has 2 aromatic rings. The van der Waals surface area contributed by atoms with Crippen molar-refractivity contribution in [2.45, 2.75) is 13.2 Å². The van der Waals surface area contributed by atoms with Gasteiger partial charge in [0.15, 0.2) is 0 Å². The zero-order chi connectivity index (χ0) is 12.8. The van der Waals surface area contributed by atoms with Gasteiger partial charge in [0.1, 0.15) is 5.82 Å². The van der Waals surface area contributed by atoms with E-state index in [-0.39, 0.29) is 15.9 Å². The number of imidazole rings is 1. The normalized spacial score (nSPS) is 12.0. The van der Waals surface area contributed by atoms with Gasteiger partial charge in [-0.3, -0.25) is 0 Å². The van der Waals surface area contributed by atoms with Gasteiger partial charge in [0.2, 0.25) is 0 Å². The van der Waals surface area contributed by atoms with E-state index in [0.29, 0.717) is 0 Å². The minimum atomic E-state index is -4.72. The molecular weight excluding hydrogens is 237 g/mol. The molecule has 1 heterocycles. The van der Waals surface area contributed by atoms with Crippen LogP contribution in [0, 0.1) is 6.92 Å². The molecule has 2 rings (SSSR count). The number of carboxylic acids is 1. The second-order valence-corrected chi connectivity index (χ2v) is 3.42. The minimum Gasteiger partial charge on any atom is -0.545 e. The third-order valence-electron chi connectivity index (χ3n) is 2.32. The number of fused-ring (bicyclic) bond motifs is 1. The van der Waals surface area contributed by atoms with Crippen molar-refractivity contribution in [1.82, 2.24) is 9.55 Å². The summed E-state index contributed by atoms with van der Waals surface area (Å²) in [6.45, 7) is 1.16. The maximum Gasteiger partial charge on any atom is 0.490 e. The Hall–Kier alpha value is -2.05. The van der Waals surface area contributed by atoms with Crippen LogP contribution in [0.3, 0.4) is 0 Å². The van der Waals surface area contributed by atoms with Gasteiger partial charge in [-0.1, -0.05) is 12.1 Å². The van der Waals surface area contributed by atoms with E-state index in [9.17, 15) is 23.1 Å². The van der Waals surface area contributed by atoms with Crippen molar-refractivity contribution < 1.29 is 23.1 Å². The number of halogens is 3. The summed E-state index contributed by atoms with van der Waals surface area (Å²) in [4.78, 5) is 14.5. The number of aromatic carboxylic acids is 1. The van der Waals surface area contributed by atoms with Gasteiger partial charge < -0.3 is 9.90 Å². The summed E-state index contributed by atoms with van der Waals surface area (Å²) in [5.74, 6) is -1.98. The standard InChI is InChI=1S/C10H7F3N2O2/c1-5-14-7-4-2-3-6(9(16)17)8(7)15(5)10(11,12)13/h2-4H,1H3,(H,16,17)/p-1. The molecule has 0 atom stereocenters. The fourth-order valence-corrected chi connectivity index (χ4v) is 1.72. The molecule has 0 radical (unpaired) electrons. The molecule has 0 aliphatic rings. The molecule has 0 unspecified atom stereocenters. The Morgan fingerprint density at radius 3 is 2.59 bits per heavy atom. The van der Waals surface area contributed by atoms with Gasteiger partial charge in [0.25, 0.3) is 0 Å². The van der Waals surface area contributed by atoms with Gasteiger partial charge in [-0.25, -0.2) is 9.55 Å². The highest BCUT2D eigenvalue weighted by atomic mass is 19.4. The highest BCUT2D eigenvalue weighted by Gasteiger charge is 2.35. The van der Waals surface area contributed by atoms with Crippen molar-refractivity contribution in [3.63, 3.8) is 0 Å². The molecule has 17 heavy (non-hydrogen) atoms. The Labute approximate surface area is 93.3 Å². The summed E-state index contributed by atoms with van der Waals surface area (Å²) in [5.41, 5.74) is -1.04. The van der Waals surface area contributed by atoms with E-state index in [2.05, 4.69) is 4.98 Å². The van der Waals surface area contributed by atoms with Crippen molar-refractivity contribution in [1.29, 1.82) is 0 Å². The summed E-state index contributed by atoms with van der Waals surface area (Å²) >= 11 is 0. The molecule has 90 valence electrons. The predicted octanol–water partition coefficient (Wildman–Crippen LogP) is 1.18. The van der Waals surface area contributed by atoms with Gasteiger partial charge in [-0.15, -0.1) is 13.2 Å². The number of para-hydroxylation sites is 1. The zero-order valence-corrected chi connectivity index (χ0v) is 8.58. The average Bonchev–Trinajstić information content (AvgIpc) is 2.51. The number of carbonyl (C=O) groups excluding carboxylic acids is 1. The van der Waals surface area contributed by atoms with Crippen LogP contribution < -0.4 is 5.11 Å². The molecule has 0 amide bonds. The summed E-state index contributed by atoms with van der Waals surface area (Å²) in [6, 6.07) is 3.69. The Kier molecular flexibility index (Phi) is 2.34. The van der Waals surface area contributed by atoms with Crippen molar-refractivity contribution >= 4 is 17.0 Å². The SMILES string of the molecule is Cc1nc2cccc(C(=O)[O-])c2n1C(F)(F)F. The number of hydrogen-bond acceptors (Lipinski definition) is 3. The molecule has 0 spiro atoms. The first-order chi connectivity index (χ1) is 7.82. The van der Waals surface area contributed by atoms with Crippen LogP contribution in [-0.2, 0) is 6.30 Å². The number of nitrogens with zero attached hydrogens (tertiary/aromatic N) is 2. The van der Waals surface area contributed by atoms with Crippen LogP contribution in [0.2, 0.25) is 0 Å². The molecule has 0 fully saturated rings. The fourth-order valence-electron chi connectivity index (χ4n) is 1.72. The van der Waals surface area contributed by atoms with E-state index < -0.39 is 23.3 Å². The predicted molar refractivity (Wildman–Crippen MR) is 50.1 cm³/mol. The highest BCUT2D eigenvalue weighted by molar-refractivity contribution is 6.00. The lowest BCUT2D eigenvalue weighted by molar-refractivity contribution is -0.254. The van der Waals surface area contributed by atoms with Crippen LogP contribution in [0.1, 0.15) is 16.2 Å². The lowest BCUT2D eigenvalue weighted by Gasteiger charge is -2.13. The molecule has 7 heteroatoms. The third kappa shape index (κ3) is 1.73. The molecule has 1 aromatic carbocycles. The molecule has 0 aliphatic heterocycles. The average molecular weight is 243 g/mol. The molecule has 1 aromatic heterocycles. The second-order valence-electron chi connectivity index (χ2n) is 3.42. The second kappa shape index (κ2) is 3.47. The first-order valence-corrected chi connectivity index (χ1v) is 4.59. The number of benzene rings is 1. The van der Waals surface area contributed by atoms with Crippen LogP contribution in [0.25, 0.3) is 11.0 Å². The van der Waals surface area contributed by atoms with Gasteiger partial charge in [-0.2, -0.15) is 0 Å². The largest absolute Gasteiger partial charge is 0.545 e. The number of carbonyl (C=O) groups is 1. The number of hydrogen-bond donors (Lipinski definition) is 0. The molecule has 0 saturated carbocycles. The lowest BCUT2D eigenvalue weighted by atomic mass is 10.2. The third-order valence-corrected chi connectivity index (χ3v) is 2.32. The van der Waals surface area contributed by atoms with Crippen LogP contribution >= 0.6 is 0 Å². The number of carboxylic acid groups (broad SMARTS) is 1.